The molecule has 0 spiro atoms. The van der Waals surface area contributed by atoms with E-state index in [4.69, 9.17) is 0 Å². The third-order valence-corrected chi connectivity index (χ3v) is 6.08. The second kappa shape index (κ2) is 6.42. The van der Waals surface area contributed by atoms with Crippen molar-refractivity contribution in [3.63, 3.8) is 0 Å². The second-order valence-corrected chi connectivity index (χ2v) is 8.18. The van der Waals surface area contributed by atoms with Crippen molar-refractivity contribution in [2.75, 3.05) is 5.32 Å². The van der Waals surface area contributed by atoms with E-state index in [1.807, 2.05) is 61.5 Å². The van der Waals surface area contributed by atoms with Gasteiger partial charge in [-0.3, -0.25) is 9.59 Å². The Morgan fingerprint density at radius 2 is 1.59 bits per heavy atom. The monoisotopic (exact) mass is 444 g/mol. The van der Waals surface area contributed by atoms with E-state index in [1.54, 1.807) is 17.7 Å². The van der Waals surface area contributed by atoms with Crippen molar-refractivity contribution in [3.8, 4) is 11.1 Å². The van der Waals surface area contributed by atoms with Crippen LogP contribution in [-0.4, -0.2) is 10.4 Å². The highest BCUT2D eigenvalue weighted by molar-refractivity contribution is 9.10. The molecule has 0 unspecified atom stereocenters. The smallest absolute Gasteiger partial charge is 0.251 e. The third-order valence-electron chi connectivity index (χ3n) is 5.48. The summed E-state index contributed by atoms with van der Waals surface area (Å²) in [5.74, 6) is -0.0427. The molecule has 1 aromatic heterocycles. The first-order valence-corrected chi connectivity index (χ1v) is 10.1. The molecule has 0 radical (unpaired) electrons. The van der Waals surface area contributed by atoms with Crippen LogP contribution in [0.15, 0.2) is 69.9 Å². The summed E-state index contributed by atoms with van der Waals surface area (Å²) in [5.41, 5.74) is 6.19. The molecule has 29 heavy (non-hydrogen) atoms. The van der Waals surface area contributed by atoms with Crippen LogP contribution in [-0.2, 0) is 7.05 Å². The molecule has 4 nitrogen and oxygen atoms in total. The lowest BCUT2D eigenvalue weighted by Crippen LogP contribution is -2.21. The summed E-state index contributed by atoms with van der Waals surface area (Å²) in [6.07, 6.45) is 0. The number of benzene rings is 3. The quantitative estimate of drug-likeness (QED) is 0.387. The number of fused-ring (bicyclic) bond motifs is 2. The molecule has 5 heteroatoms. The number of carbonyl (C=O) groups is 1. The van der Waals surface area contributed by atoms with E-state index in [0.717, 1.165) is 32.2 Å². The summed E-state index contributed by atoms with van der Waals surface area (Å²) in [6, 6.07) is 19.0. The minimum atomic E-state index is -0.109. The van der Waals surface area contributed by atoms with Gasteiger partial charge in [0.2, 0.25) is 0 Å². The molecule has 0 fully saturated rings. The maximum absolute atomic E-state index is 13.5. The number of hydrogen-bond donors (Lipinski definition) is 1. The van der Waals surface area contributed by atoms with E-state index in [1.165, 1.54) is 5.56 Å². The van der Waals surface area contributed by atoms with Crippen LogP contribution in [0.4, 0.5) is 11.4 Å². The normalized spacial score (nSPS) is 12.2. The predicted molar refractivity (Wildman–Crippen MR) is 120 cm³/mol. The van der Waals surface area contributed by atoms with Crippen LogP contribution in [0.25, 0.3) is 22.0 Å². The molecule has 4 aromatic rings. The number of pyridine rings is 1. The van der Waals surface area contributed by atoms with Crippen molar-refractivity contribution >= 4 is 44.0 Å². The summed E-state index contributed by atoms with van der Waals surface area (Å²) in [7, 11) is 1.73. The van der Waals surface area contributed by atoms with Crippen LogP contribution in [0.1, 0.15) is 21.5 Å². The highest BCUT2D eigenvalue weighted by atomic mass is 79.9. The zero-order chi connectivity index (χ0) is 20.3. The van der Waals surface area contributed by atoms with E-state index < -0.39 is 0 Å². The molecule has 0 bridgehead atoms. The van der Waals surface area contributed by atoms with Crippen molar-refractivity contribution in [3.05, 3.63) is 92.2 Å². The Hall–Kier alpha value is -3.18. The highest BCUT2D eigenvalue weighted by Crippen LogP contribution is 2.44. The van der Waals surface area contributed by atoms with Gasteiger partial charge in [0.05, 0.1) is 16.8 Å². The van der Waals surface area contributed by atoms with Crippen LogP contribution in [0.3, 0.4) is 0 Å². The first-order chi connectivity index (χ1) is 14.0. The van der Waals surface area contributed by atoms with Crippen molar-refractivity contribution in [1.82, 2.24) is 4.57 Å². The fourth-order valence-corrected chi connectivity index (χ4v) is 4.72. The molecule has 0 saturated carbocycles. The van der Waals surface area contributed by atoms with Crippen molar-refractivity contribution in [1.29, 1.82) is 0 Å². The number of aromatic nitrogens is 1. The van der Waals surface area contributed by atoms with Gasteiger partial charge in [0.1, 0.15) is 0 Å². The van der Waals surface area contributed by atoms with E-state index in [-0.39, 0.29) is 11.3 Å². The third kappa shape index (κ3) is 2.65. The maximum atomic E-state index is 13.5. The van der Waals surface area contributed by atoms with Crippen molar-refractivity contribution in [2.45, 2.75) is 6.92 Å². The number of carbonyl (C=O) groups excluding carboxylic acids is 1. The summed E-state index contributed by atoms with van der Waals surface area (Å²) in [5, 5.41) is 4.19. The van der Waals surface area contributed by atoms with Crippen LogP contribution in [0.2, 0.25) is 0 Å². The van der Waals surface area contributed by atoms with Gasteiger partial charge in [-0.1, -0.05) is 42.0 Å². The van der Waals surface area contributed by atoms with Crippen LogP contribution < -0.4 is 10.9 Å². The Bertz CT molecular complexity index is 1390. The number of aryl methyl sites for hydroxylation is 2. The standard InChI is InChI=1S/C24H17BrN2O2/c1-13-7-9-14(10-8-13)26-19-12-18(25)23-21-17(11-20(28)27(23)2)15-5-3-4-6-16(15)24(29)22(19)21/h3-12,26H,1-2H3. The fourth-order valence-electron chi connectivity index (χ4n) is 4.02. The van der Waals surface area contributed by atoms with Crippen LogP contribution in [0, 0.1) is 6.92 Å². The summed E-state index contributed by atoms with van der Waals surface area (Å²) < 4.78 is 2.35. The molecule has 0 saturated heterocycles. The molecule has 3 aromatic carbocycles. The van der Waals surface area contributed by atoms with E-state index >= 15 is 0 Å². The Kier molecular flexibility index (Phi) is 3.96. The number of halogens is 1. The number of hydrogen-bond acceptors (Lipinski definition) is 3. The molecule has 5 rings (SSSR count). The minimum Gasteiger partial charge on any atom is -0.355 e. The van der Waals surface area contributed by atoms with Gasteiger partial charge in [-0.2, -0.15) is 0 Å². The Morgan fingerprint density at radius 1 is 0.897 bits per heavy atom. The summed E-state index contributed by atoms with van der Waals surface area (Å²) in [6.45, 7) is 2.04. The fraction of sp³-hybridized carbons (Fsp3) is 0.0833. The van der Waals surface area contributed by atoms with Gasteiger partial charge in [0.25, 0.3) is 5.56 Å². The molecule has 0 aliphatic heterocycles. The SMILES string of the molecule is Cc1ccc(Nc2cc(Br)c3c4c(cc(=O)n3C)-c3ccccc3C(=O)c24)cc1. The molecule has 1 aliphatic rings. The lowest BCUT2D eigenvalue weighted by Gasteiger charge is -2.24. The predicted octanol–water partition coefficient (Wildman–Crippen LogP) is 5.56. The average Bonchev–Trinajstić information content (AvgIpc) is 2.71. The zero-order valence-electron chi connectivity index (χ0n) is 15.9. The van der Waals surface area contributed by atoms with Gasteiger partial charge in [0.15, 0.2) is 5.78 Å². The number of ketones is 1. The maximum Gasteiger partial charge on any atom is 0.251 e. The van der Waals surface area contributed by atoms with Crippen LogP contribution >= 0.6 is 15.9 Å². The van der Waals surface area contributed by atoms with Gasteiger partial charge >= 0.3 is 0 Å². The summed E-state index contributed by atoms with van der Waals surface area (Å²) in [4.78, 5) is 26.2. The number of anilines is 2. The lowest BCUT2D eigenvalue weighted by atomic mass is 9.83. The molecule has 1 aliphatic carbocycles. The van der Waals surface area contributed by atoms with Crippen LogP contribution in [0.5, 0.6) is 0 Å². The minimum absolute atomic E-state index is 0.0427. The first-order valence-electron chi connectivity index (χ1n) is 9.30. The first kappa shape index (κ1) is 17.9. The Labute approximate surface area is 175 Å². The average molecular weight is 445 g/mol. The zero-order valence-corrected chi connectivity index (χ0v) is 17.5. The van der Waals surface area contributed by atoms with E-state index in [0.29, 0.717) is 16.8 Å². The highest BCUT2D eigenvalue weighted by Gasteiger charge is 2.30. The molecular weight excluding hydrogens is 428 g/mol. The number of nitrogens with zero attached hydrogens (tertiary/aromatic N) is 1. The second-order valence-electron chi connectivity index (χ2n) is 7.33. The molecule has 0 amide bonds. The number of nitrogens with one attached hydrogen (secondary N) is 1. The van der Waals surface area contributed by atoms with Gasteiger partial charge in [-0.05, 0) is 52.2 Å². The van der Waals surface area contributed by atoms with E-state index in [9.17, 15) is 9.59 Å². The van der Waals surface area contributed by atoms with Crippen molar-refractivity contribution in [2.24, 2.45) is 7.05 Å². The molecule has 142 valence electrons. The Morgan fingerprint density at radius 3 is 2.31 bits per heavy atom. The lowest BCUT2D eigenvalue weighted by molar-refractivity contribution is 0.104. The van der Waals surface area contributed by atoms with Gasteiger partial charge in [-0.25, -0.2) is 0 Å². The summed E-state index contributed by atoms with van der Waals surface area (Å²) >= 11 is 3.63. The topological polar surface area (TPSA) is 51.1 Å². The molecule has 0 atom stereocenters. The van der Waals surface area contributed by atoms with E-state index in [2.05, 4.69) is 21.2 Å². The molecule has 1 N–H and O–H groups in total. The Balaban J connectivity index is 1.88. The number of rotatable bonds is 2. The molecular formula is C24H17BrN2O2. The largest absolute Gasteiger partial charge is 0.355 e. The van der Waals surface area contributed by atoms with Crippen molar-refractivity contribution < 1.29 is 4.79 Å². The van der Waals surface area contributed by atoms with Gasteiger partial charge < -0.3 is 9.88 Å². The molecule has 1 heterocycles. The van der Waals surface area contributed by atoms with Gasteiger partial charge in [-0.15, -0.1) is 0 Å². The van der Waals surface area contributed by atoms with Gasteiger partial charge in [0, 0.05) is 34.2 Å².